The first kappa shape index (κ1) is 15.8. The van der Waals surface area contributed by atoms with Crippen molar-refractivity contribution in [3.8, 4) is 0 Å². The monoisotopic (exact) mass is 281 g/mol. The second kappa shape index (κ2) is 7.37. The average Bonchev–Trinajstić information content (AvgIpc) is 2.42. The van der Waals surface area contributed by atoms with Crippen LogP contribution in [-0.4, -0.2) is 30.8 Å². The quantitative estimate of drug-likeness (QED) is 0.801. The average molecular weight is 281 g/mol. The van der Waals surface area contributed by atoms with Crippen molar-refractivity contribution in [1.82, 2.24) is 5.32 Å². The standard InChI is InChI=1S/C14H16FNO4/c1-9(17)7-8-12(14(19)20-2)16-13(18)10-5-3-4-6-11(10)15/h3-6,12H,7-8H2,1-2H3,(H,16,18)/t12-/m0/s1. The van der Waals surface area contributed by atoms with E-state index in [1.165, 1.54) is 32.2 Å². The smallest absolute Gasteiger partial charge is 0.328 e. The Kier molecular flexibility index (Phi) is 5.83. The molecular formula is C14H16FNO4. The molecule has 6 heteroatoms. The number of rotatable bonds is 6. The zero-order valence-electron chi connectivity index (χ0n) is 11.3. The van der Waals surface area contributed by atoms with Gasteiger partial charge in [-0.25, -0.2) is 9.18 Å². The number of nitrogens with one attached hydrogen (secondary N) is 1. The van der Waals surface area contributed by atoms with Crippen molar-refractivity contribution in [2.75, 3.05) is 7.11 Å². The summed E-state index contributed by atoms with van der Waals surface area (Å²) in [5.41, 5.74) is -0.163. The lowest BCUT2D eigenvalue weighted by Crippen LogP contribution is -2.42. The maximum absolute atomic E-state index is 13.5. The van der Waals surface area contributed by atoms with E-state index in [-0.39, 0.29) is 24.2 Å². The van der Waals surface area contributed by atoms with Crippen molar-refractivity contribution >= 4 is 17.7 Å². The van der Waals surface area contributed by atoms with Gasteiger partial charge in [0.05, 0.1) is 12.7 Å². The van der Waals surface area contributed by atoms with Gasteiger partial charge in [-0.1, -0.05) is 12.1 Å². The van der Waals surface area contributed by atoms with Crippen LogP contribution in [0.2, 0.25) is 0 Å². The molecule has 0 spiro atoms. The summed E-state index contributed by atoms with van der Waals surface area (Å²) in [7, 11) is 1.18. The lowest BCUT2D eigenvalue weighted by molar-refractivity contribution is -0.143. The molecule has 0 aliphatic rings. The van der Waals surface area contributed by atoms with Crippen LogP contribution in [0, 0.1) is 5.82 Å². The number of hydrogen-bond acceptors (Lipinski definition) is 4. The molecule has 0 saturated heterocycles. The van der Waals surface area contributed by atoms with E-state index in [1.54, 1.807) is 0 Å². The topological polar surface area (TPSA) is 72.5 Å². The van der Waals surface area contributed by atoms with Crippen molar-refractivity contribution in [2.24, 2.45) is 0 Å². The van der Waals surface area contributed by atoms with Crippen molar-refractivity contribution in [3.05, 3.63) is 35.6 Å². The fourth-order valence-electron chi connectivity index (χ4n) is 1.62. The molecule has 0 aliphatic carbocycles. The van der Waals surface area contributed by atoms with Crippen molar-refractivity contribution in [2.45, 2.75) is 25.8 Å². The number of hydrogen-bond donors (Lipinski definition) is 1. The normalized spacial score (nSPS) is 11.6. The number of ketones is 1. The third-order valence-corrected chi connectivity index (χ3v) is 2.69. The number of methoxy groups -OCH3 is 1. The Morgan fingerprint density at radius 3 is 2.50 bits per heavy atom. The van der Waals surface area contributed by atoms with Gasteiger partial charge in [-0.05, 0) is 25.5 Å². The molecule has 108 valence electrons. The fraction of sp³-hybridized carbons (Fsp3) is 0.357. The Hall–Kier alpha value is -2.24. The molecule has 0 saturated carbocycles. The minimum absolute atomic E-state index is 0.112. The lowest BCUT2D eigenvalue weighted by Gasteiger charge is -2.16. The maximum Gasteiger partial charge on any atom is 0.328 e. The van der Waals surface area contributed by atoms with Gasteiger partial charge in [0.15, 0.2) is 0 Å². The van der Waals surface area contributed by atoms with E-state index in [1.807, 2.05) is 0 Å². The molecule has 1 amide bonds. The molecule has 1 aromatic carbocycles. The van der Waals surface area contributed by atoms with Crippen LogP contribution in [0.3, 0.4) is 0 Å². The summed E-state index contributed by atoms with van der Waals surface area (Å²) in [4.78, 5) is 34.4. The number of halogens is 1. The highest BCUT2D eigenvalue weighted by Crippen LogP contribution is 2.08. The van der Waals surface area contributed by atoms with Crippen LogP contribution in [0.15, 0.2) is 24.3 Å². The second-order valence-corrected chi connectivity index (χ2v) is 4.27. The second-order valence-electron chi connectivity index (χ2n) is 4.27. The van der Waals surface area contributed by atoms with Crippen molar-refractivity contribution in [3.63, 3.8) is 0 Å². The van der Waals surface area contributed by atoms with Crippen molar-refractivity contribution < 1.29 is 23.5 Å². The van der Waals surface area contributed by atoms with E-state index in [0.29, 0.717) is 0 Å². The zero-order chi connectivity index (χ0) is 15.1. The third-order valence-electron chi connectivity index (χ3n) is 2.69. The van der Waals surface area contributed by atoms with Crippen LogP contribution in [0.25, 0.3) is 0 Å². The number of ether oxygens (including phenoxy) is 1. The number of benzene rings is 1. The fourth-order valence-corrected chi connectivity index (χ4v) is 1.62. The van der Waals surface area contributed by atoms with E-state index in [2.05, 4.69) is 10.1 Å². The first-order valence-corrected chi connectivity index (χ1v) is 6.08. The van der Waals surface area contributed by atoms with Gasteiger partial charge in [0.25, 0.3) is 5.91 Å². The predicted molar refractivity (Wildman–Crippen MR) is 69.6 cm³/mol. The summed E-state index contributed by atoms with van der Waals surface area (Å²) in [5.74, 6) is -2.18. The molecule has 20 heavy (non-hydrogen) atoms. The molecule has 5 nitrogen and oxygen atoms in total. The van der Waals surface area contributed by atoms with Gasteiger partial charge in [-0.15, -0.1) is 0 Å². The van der Waals surface area contributed by atoms with E-state index in [9.17, 15) is 18.8 Å². The van der Waals surface area contributed by atoms with Gasteiger partial charge >= 0.3 is 5.97 Å². The number of amides is 1. The molecular weight excluding hydrogens is 265 g/mol. The summed E-state index contributed by atoms with van der Waals surface area (Å²) in [6.07, 6.45) is 0.236. The predicted octanol–water partition coefficient (Wildman–Crippen LogP) is 1.47. The van der Waals surface area contributed by atoms with Crippen LogP contribution in [0.4, 0.5) is 4.39 Å². The van der Waals surface area contributed by atoms with E-state index >= 15 is 0 Å². The first-order chi connectivity index (χ1) is 9.45. The van der Waals surface area contributed by atoms with Crippen LogP contribution in [-0.2, 0) is 14.3 Å². The molecule has 0 unspecified atom stereocenters. The van der Waals surface area contributed by atoms with E-state index in [4.69, 9.17) is 0 Å². The van der Waals surface area contributed by atoms with Gasteiger partial charge in [-0.2, -0.15) is 0 Å². The molecule has 1 atom stereocenters. The highest BCUT2D eigenvalue weighted by molar-refractivity contribution is 5.97. The Morgan fingerprint density at radius 2 is 1.95 bits per heavy atom. The largest absolute Gasteiger partial charge is 0.467 e. The molecule has 0 radical (unpaired) electrons. The zero-order valence-corrected chi connectivity index (χ0v) is 11.3. The summed E-state index contributed by atoms with van der Waals surface area (Å²) in [6.45, 7) is 1.38. The van der Waals surface area contributed by atoms with E-state index < -0.39 is 23.7 Å². The summed E-state index contributed by atoms with van der Waals surface area (Å²) >= 11 is 0. The minimum atomic E-state index is -0.976. The van der Waals surface area contributed by atoms with Gasteiger partial charge in [-0.3, -0.25) is 4.79 Å². The molecule has 1 aromatic rings. The molecule has 0 aliphatic heterocycles. The minimum Gasteiger partial charge on any atom is -0.467 e. The molecule has 1 N–H and O–H groups in total. The Balaban J connectivity index is 2.79. The van der Waals surface area contributed by atoms with Crippen molar-refractivity contribution in [1.29, 1.82) is 0 Å². The molecule has 0 aromatic heterocycles. The highest BCUT2D eigenvalue weighted by atomic mass is 19.1. The third kappa shape index (κ3) is 4.46. The Bertz CT molecular complexity index is 516. The number of carbonyl (C=O) groups is 3. The lowest BCUT2D eigenvalue weighted by atomic mass is 10.1. The van der Waals surface area contributed by atoms with Gasteiger partial charge in [0, 0.05) is 6.42 Å². The molecule has 0 fully saturated rings. The Labute approximate surface area is 116 Å². The maximum atomic E-state index is 13.5. The number of carbonyl (C=O) groups excluding carboxylic acids is 3. The van der Waals surface area contributed by atoms with E-state index in [0.717, 1.165) is 6.07 Å². The summed E-state index contributed by atoms with van der Waals surface area (Å²) in [5, 5.41) is 2.37. The summed E-state index contributed by atoms with van der Waals surface area (Å²) in [6, 6.07) is 4.46. The highest BCUT2D eigenvalue weighted by Gasteiger charge is 2.23. The van der Waals surface area contributed by atoms with Gasteiger partial charge < -0.3 is 14.8 Å². The summed E-state index contributed by atoms with van der Waals surface area (Å²) < 4.78 is 18.0. The van der Waals surface area contributed by atoms with Crippen LogP contribution in [0.1, 0.15) is 30.1 Å². The van der Waals surface area contributed by atoms with Crippen LogP contribution < -0.4 is 5.32 Å². The molecule has 0 bridgehead atoms. The number of Topliss-reactive ketones (excluding diaryl/α,β-unsaturated/α-hetero) is 1. The van der Waals surface area contributed by atoms with Crippen LogP contribution in [0.5, 0.6) is 0 Å². The van der Waals surface area contributed by atoms with Crippen LogP contribution >= 0.6 is 0 Å². The number of esters is 1. The molecule has 1 rings (SSSR count). The van der Waals surface area contributed by atoms with Gasteiger partial charge in [0.2, 0.25) is 0 Å². The van der Waals surface area contributed by atoms with Gasteiger partial charge in [0.1, 0.15) is 17.6 Å². The Morgan fingerprint density at radius 1 is 1.30 bits per heavy atom. The SMILES string of the molecule is COC(=O)[C@H](CCC(C)=O)NC(=O)c1ccccc1F. The molecule has 0 heterocycles. The first-order valence-electron chi connectivity index (χ1n) is 6.08.